The molecule has 0 heterocycles. The molecular weight excluding hydrogens is 228 g/mol. The molecule has 0 aliphatic carbocycles. The second-order valence-electron chi connectivity index (χ2n) is 2.41. The highest BCUT2D eigenvalue weighted by Gasteiger charge is 2.05. The van der Waals surface area contributed by atoms with Gasteiger partial charge in [0.1, 0.15) is 0 Å². The largest absolute Gasteiger partial charge is 0.379 e. The molecule has 0 radical (unpaired) electrons. The van der Waals surface area contributed by atoms with Gasteiger partial charge in [-0.25, -0.2) is 0 Å². The van der Waals surface area contributed by atoms with Crippen LogP contribution < -0.4 is 5.32 Å². The molecule has 1 rings (SSSR count). The van der Waals surface area contributed by atoms with Crippen LogP contribution in [0.4, 0.5) is 5.69 Å². The minimum absolute atomic E-state index is 0.513. The lowest BCUT2D eigenvalue weighted by molar-refractivity contribution is 1.34. The van der Waals surface area contributed by atoms with E-state index in [9.17, 15) is 0 Å². The molecule has 0 saturated carbocycles. The monoisotopic (exact) mass is 235 g/mol. The minimum atomic E-state index is 0.513. The van der Waals surface area contributed by atoms with Crippen molar-refractivity contribution in [1.82, 2.24) is 0 Å². The maximum absolute atomic E-state index is 5.90. The molecule has 13 heavy (non-hydrogen) atoms. The van der Waals surface area contributed by atoms with Crippen LogP contribution in [-0.2, 0) is 0 Å². The van der Waals surface area contributed by atoms with Gasteiger partial charge in [0.25, 0.3) is 0 Å². The summed E-state index contributed by atoms with van der Waals surface area (Å²) in [5.74, 6) is 0. The number of nitrogens with one attached hydrogen (secondary N) is 1. The van der Waals surface area contributed by atoms with E-state index < -0.39 is 0 Å². The molecule has 1 aromatic carbocycles. The number of anilines is 1. The van der Waals surface area contributed by atoms with E-state index in [2.05, 4.69) is 11.9 Å². The third-order valence-corrected chi connectivity index (χ3v) is 2.24. The van der Waals surface area contributed by atoms with Crippen LogP contribution in [0.5, 0.6) is 0 Å². The molecule has 0 aromatic heterocycles. The summed E-state index contributed by atoms with van der Waals surface area (Å²) in [7, 11) is 0. The Balaban J connectivity index is 2.98. The van der Waals surface area contributed by atoms with Crippen molar-refractivity contribution < 1.29 is 0 Å². The van der Waals surface area contributed by atoms with E-state index in [0.717, 1.165) is 0 Å². The standard InChI is InChI=1S/C9H8Cl3N/c1-2-3-13-9-7(11)4-6(10)5-8(9)12/h2,4-5,13H,1,3H2. The van der Waals surface area contributed by atoms with Gasteiger partial charge in [0.2, 0.25) is 0 Å². The summed E-state index contributed by atoms with van der Waals surface area (Å²) < 4.78 is 0. The van der Waals surface area contributed by atoms with Gasteiger partial charge in [-0.15, -0.1) is 6.58 Å². The summed E-state index contributed by atoms with van der Waals surface area (Å²) in [5, 5.41) is 4.57. The lowest BCUT2D eigenvalue weighted by Crippen LogP contribution is -1.98. The molecule has 0 amide bonds. The average molecular weight is 237 g/mol. The summed E-state index contributed by atoms with van der Waals surface area (Å²) in [5.41, 5.74) is 0.688. The van der Waals surface area contributed by atoms with Crippen LogP contribution in [0.2, 0.25) is 15.1 Å². The second kappa shape index (κ2) is 4.75. The van der Waals surface area contributed by atoms with Gasteiger partial charge < -0.3 is 5.32 Å². The highest BCUT2D eigenvalue weighted by atomic mass is 35.5. The van der Waals surface area contributed by atoms with Gasteiger partial charge in [0, 0.05) is 11.6 Å². The molecule has 0 unspecified atom stereocenters. The van der Waals surface area contributed by atoms with Gasteiger partial charge >= 0.3 is 0 Å². The molecule has 0 atom stereocenters. The summed E-state index contributed by atoms with van der Waals surface area (Å²) in [6.45, 7) is 4.19. The van der Waals surface area contributed by atoms with Crippen molar-refractivity contribution in [2.75, 3.05) is 11.9 Å². The fourth-order valence-electron chi connectivity index (χ4n) is 0.885. The first-order valence-corrected chi connectivity index (χ1v) is 4.78. The first-order valence-electron chi connectivity index (χ1n) is 3.64. The molecule has 0 aliphatic rings. The van der Waals surface area contributed by atoms with Crippen molar-refractivity contribution in [3.8, 4) is 0 Å². The van der Waals surface area contributed by atoms with Gasteiger partial charge in [-0.05, 0) is 12.1 Å². The Morgan fingerprint density at radius 1 is 1.23 bits per heavy atom. The summed E-state index contributed by atoms with van der Waals surface area (Å²) in [6.07, 6.45) is 1.72. The topological polar surface area (TPSA) is 12.0 Å². The number of hydrogen-bond acceptors (Lipinski definition) is 1. The normalized spacial score (nSPS) is 9.77. The molecule has 0 bridgehead atoms. The van der Waals surface area contributed by atoms with E-state index in [1.807, 2.05) is 0 Å². The first-order chi connectivity index (χ1) is 6.15. The Morgan fingerprint density at radius 3 is 2.23 bits per heavy atom. The predicted molar refractivity (Wildman–Crippen MR) is 60.2 cm³/mol. The van der Waals surface area contributed by atoms with Crippen molar-refractivity contribution in [1.29, 1.82) is 0 Å². The lowest BCUT2D eigenvalue weighted by atomic mass is 10.3. The quantitative estimate of drug-likeness (QED) is 0.774. The molecule has 70 valence electrons. The minimum Gasteiger partial charge on any atom is -0.379 e. The fraction of sp³-hybridized carbons (Fsp3) is 0.111. The second-order valence-corrected chi connectivity index (χ2v) is 3.66. The van der Waals surface area contributed by atoms with E-state index in [0.29, 0.717) is 27.3 Å². The van der Waals surface area contributed by atoms with Crippen molar-refractivity contribution in [3.63, 3.8) is 0 Å². The predicted octanol–water partition coefficient (Wildman–Crippen LogP) is 4.24. The van der Waals surface area contributed by atoms with Crippen LogP contribution in [0.1, 0.15) is 0 Å². The number of rotatable bonds is 3. The zero-order chi connectivity index (χ0) is 9.84. The number of hydrogen-bond donors (Lipinski definition) is 1. The third-order valence-electron chi connectivity index (χ3n) is 1.43. The molecular formula is C9H8Cl3N. The van der Waals surface area contributed by atoms with Crippen LogP contribution in [0, 0.1) is 0 Å². The van der Waals surface area contributed by atoms with Crippen molar-refractivity contribution in [2.45, 2.75) is 0 Å². The molecule has 4 heteroatoms. The van der Waals surface area contributed by atoms with E-state index in [4.69, 9.17) is 34.8 Å². The van der Waals surface area contributed by atoms with Gasteiger partial charge in [0.15, 0.2) is 0 Å². The smallest absolute Gasteiger partial charge is 0.0722 e. The van der Waals surface area contributed by atoms with Gasteiger partial charge in [-0.2, -0.15) is 0 Å². The Hall–Kier alpha value is -0.370. The third kappa shape index (κ3) is 2.80. The summed E-state index contributed by atoms with van der Waals surface area (Å²) in [4.78, 5) is 0. The Morgan fingerprint density at radius 2 is 1.77 bits per heavy atom. The Labute approximate surface area is 92.3 Å². The maximum Gasteiger partial charge on any atom is 0.0722 e. The number of halogens is 3. The summed E-state index contributed by atoms with van der Waals surface area (Å²) >= 11 is 17.5. The van der Waals surface area contributed by atoms with E-state index in [1.54, 1.807) is 18.2 Å². The molecule has 1 aromatic rings. The van der Waals surface area contributed by atoms with Crippen LogP contribution in [0.15, 0.2) is 24.8 Å². The molecule has 0 saturated heterocycles. The van der Waals surface area contributed by atoms with E-state index >= 15 is 0 Å². The molecule has 0 aliphatic heterocycles. The van der Waals surface area contributed by atoms with Crippen LogP contribution in [-0.4, -0.2) is 6.54 Å². The van der Waals surface area contributed by atoms with Crippen molar-refractivity contribution in [2.24, 2.45) is 0 Å². The van der Waals surface area contributed by atoms with Gasteiger partial charge in [-0.1, -0.05) is 40.9 Å². The molecule has 0 fully saturated rings. The molecule has 1 N–H and O–H groups in total. The molecule has 0 spiro atoms. The molecule has 1 nitrogen and oxygen atoms in total. The Bertz CT molecular complexity index is 300. The maximum atomic E-state index is 5.90. The lowest BCUT2D eigenvalue weighted by Gasteiger charge is -2.08. The SMILES string of the molecule is C=CCNc1c(Cl)cc(Cl)cc1Cl. The van der Waals surface area contributed by atoms with Gasteiger partial charge in [-0.3, -0.25) is 0 Å². The zero-order valence-corrected chi connectivity index (χ0v) is 9.05. The average Bonchev–Trinajstić information content (AvgIpc) is 2.02. The first kappa shape index (κ1) is 10.7. The highest BCUT2D eigenvalue weighted by molar-refractivity contribution is 6.41. The zero-order valence-electron chi connectivity index (χ0n) is 6.78. The van der Waals surface area contributed by atoms with Crippen molar-refractivity contribution in [3.05, 3.63) is 39.9 Å². The summed E-state index contributed by atoms with van der Waals surface area (Å²) in [6, 6.07) is 3.28. The fourth-order valence-corrected chi connectivity index (χ4v) is 1.84. The van der Waals surface area contributed by atoms with Crippen LogP contribution in [0.25, 0.3) is 0 Å². The number of benzene rings is 1. The van der Waals surface area contributed by atoms with Crippen molar-refractivity contribution >= 4 is 40.5 Å². The van der Waals surface area contributed by atoms with E-state index in [-0.39, 0.29) is 0 Å². The highest BCUT2D eigenvalue weighted by Crippen LogP contribution is 2.33. The van der Waals surface area contributed by atoms with Gasteiger partial charge in [0.05, 0.1) is 15.7 Å². The van der Waals surface area contributed by atoms with E-state index in [1.165, 1.54) is 0 Å². The van der Waals surface area contributed by atoms with Crippen LogP contribution >= 0.6 is 34.8 Å². The van der Waals surface area contributed by atoms with Crippen LogP contribution in [0.3, 0.4) is 0 Å². The Kier molecular flexibility index (Phi) is 3.91.